The highest BCUT2D eigenvalue weighted by Gasteiger charge is 2.29. The number of aryl methyl sites for hydroxylation is 1. The van der Waals surface area contributed by atoms with Crippen LogP contribution in [0.25, 0.3) is 0 Å². The minimum atomic E-state index is -0.760. The summed E-state index contributed by atoms with van der Waals surface area (Å²) in [6, 6.07) is 10.2. The van der Waals surface area contributed by atoms with E-state index in [-0.39, 0.29) is 30.5 Å². The molecule has 0 aliphatic carbocycles. The third-order valence-corrected chi connectivity index (χ3v) is 5.28. The minimum absolute atomic E-state index is 0.0911. The maximum Gasteiger partial charge on any atom is 0.316 e. The highest BCUT2D eigenvalue weighted by atomic mass is 35.5. The molecule has 2 atom stereocenters. The van der Waals surface area contributed by atoms with Crippen molar-refractivity contribution >= 4 is 29.2 Å². The molecule has 7 nitrogen and oxygen atoms in total. The van der Waals surface area contributed by atoms with Gasteiger partial charge >= 0.3 is 6.03 Å². The zero-order valence-corrected chi connectivity index (χ0v) is 17.9. The Kier molecular flexibility index (Phi) is 7.70. The van der Waals surface area contributed by atoms with Gasteiger partial charge in [0.15, 0.2) is 6.61 Å². The van der Waals surface area contributed by atoms with E-state index in [1.54, 1.807) is 29.2 Å². The Bertz CT molecular complexity index is 925. The van der Waals surface area contributed by atoms with E-state index in [4.69, 9.17) is 26.8 Å². The topological polar surface area (TPSA) is 93.9 Å². The van der Waals surface area contributed by atoms with Crippen molar-refractivity contribution in [3.8, 4) is 5.75 Å². The summed E-state index contributed by atoms with van der Waals surface area (Å²) in [5, 5.41) is 2.83. The quantitative estimate of drug-likeness (QED) is 0.675. The van der Waals surface area contributed by atoms with Gasteiger partial charge in [0.25, 0.3) is 5.91 Å². The maximum absolute atomic E-state index is 13.1. The summed E-state index contributed by atoms with van der Waals surface area (Å²) in [7, 11) is 0. The van der Waals surface area contributed by atoms with Crippen LogP contribution in [0.1, 0.15) is 18.9 Å². The summed E-state index contributed by atoms with van der Waals surface area (Å²) < 4.78 is 24.6. The van der Waals surface area contributed by atoms with Crippen LogP contribution >= 0.6 is 11.6 Å². The second-order valence-electron chi connectivity index (χ2n) is 7.43. The number of carbonyl (C=O) groups is 2. The summed E-state index contributed by atoms with van der Waals surface area (Å²) in [6.45, 7) is 2.58. The van der Waals surface area contributed by atoms with Crippen molar-refractivity contribution in [2.24, 2.45) is 5.73 Å². The molecule has 166 valence electrons. The van der Waals surface area contributed by atoms with E-state index in [1.165, 1.54) is 18.2 Å². The summed E-state index contributed by atoms with van der Waals surface area (Å²) in [6.07, 6.45) is 1.32. The number of nitrogens with zero attached hydrogens (tertiary/aromatic N) is 1. The van der Waals surface area contributed by atoms with E-state index in [0.29, 0.717) is 36.0 Å². The predicted molar refractivity (Wildman–Crippen MR) is 116 cm³/mol. The van der Waals surface area contributed by atoms with Gasteiger partial charge in [0.05, 0.1) is 24.4 Å². The Labute approximate surface area is 185 Å². The number of benzene rings is 2. The number of anilines is 1. The Morgan fingerprint density at radius 3 is 2.74 bits per heavy atom. The molecule has 0 bridgehead atoms. The first-order chi connectivity index (χ1) is 14.8. The lowest BCUT2D eigenvalue weighted by molar-refractivity contribution is -0.146. The number of ether oxygens (including phenoxy) is 2. The number of hydrogen-bond donors (Lipinski definition) is 2. The molecule has 1 heterocycles. The first-order valence-corrected chi connectivity index (χ1v) is 10.3. The number of carbonyl (C=O) groups excluding carboxylic acids is 2. The van der Waals surface area contributed by atoms with Crippen LogP contribution in [0, 0.1) is 5.82 Å². The standard InChI is InChI=1S/C22H25ClFN3O4/c1-14-12-30-18(8-4-15-2-6-17(24)7-3-15)11-27(14)21(28)13-31-20-9-5-16(23)10-19(20)26-22(25)29/h2-3,5-7,9-10,14,18H,4,8,11-13H2,1H3,(H3,25,26,29)/t14-,18-/m1/s1. The first kappa shape index (κ1) is 22.8. The lowest BCUT2D eigenvalue weighted by Crippen LogP contribution is -2.52. The van der Waals surface area contributed by atoms with Gasteiger partial charge < -0.3 is 25.4 Å². The zero-order chi connectivity index (χ0) is 22.4. The Morgan fingerprint density at radius 2 is 2.03 bits per heavy atom. The van der Waals surface area contributed by atoms with Gasteiger partial charge in [-0.2, -0.15) is 0 Å². The number of halogens is 2. The number of amides is 3. The molecule has 3 amide bonds. The van der Waals surface area contributed by atoms with Crippen LogP contribution in [0.3, 0.4) is 0 Å². The molecule has 0 aromatic heterocycles. The van der Waals surface area contributed by atoms with Gasteiger partial charge in [-0.1, -0.05) is 23.7 Å². The van der Waals surface area contributed by atoms with Gasteiger partial charge in [-0.15, -0.1) is 0 Å². The fourth-order valence-electron chi connectivity index (χ4n) is 3.40. The normalized spacial score (nSPS) is 18.5. The van der Waals surface area contributed by atoms with E-state index < -0.39 is 6.03 Å². The SMILES string of the molecule is C[C@@H]1CO[C@H](CCc2ccc(F)cc2)CN1C(=O)COc1ccc(Cl)cc1NC(N)=O. The summed E-state index contributed by atoms with van der Waals surface area (Å²) >= 11 is 5.95. The highest BCUT2D eigenvalue weighted by Crippen LogP contribution is 2.28. The molecule has 1 aliphatic rings. The predicted octanol–water partition coefficient (Wildman–Crippen LogP) is 3.60. The average molecular weight is 450 g/mol. The molecule has 0 unspecified atom stereocenters. The fourth-order valence-corrected chi connectivity index (χ4v) is 3.57. The van der Waals surface area contributed by atoms with Crippen molar-refractivity contribution in [2.45, 2.75) is 31.9 Å². The molecule has 3 rings (SSSR count). The fraction of sp³-hybridized carbons (Fsp3) is 0.364. The van der Waals surface area contributed by atoms with Crippen LogP contribution in [0.5, 0.6) is 5.75 Å². The van der Waals surface area contributed by atoms with Gasteiger partial charge in [0.2, 0.25) is 0 Å². The Morgan fingerprint density at radius 1 is 1.29 bits per heavy atom. The van der Waals surface area contributed by atoms with Crippen LogP contribution in [0.2, 0.25) is 5.02 Å². The minimum Gasteiger partial charge on any atom is -0.482 e. The van der Waals surface area contributed by atoms with Crippen molar-refractivity contribution < 1.29 is 23.5 Å². The molecule has 1 aliphatic heterocycles. The molecular formula is C22H25ClFN3O4. The average Bonchev–Trinajstić information content (AvgIpc) is 2.73. The second kappa shape index (κ2) is 10.5. The van der Waals surface area contributed by atoms with Crippen LogP contribution in [0.15, 0.2) is 42.5 Å². The number of primary amides is 1. The van der Waals surface area contributed by atoms with Crippen molar-refractivity contribution in [1.82, 2.24) is 4.90 Å². The van der Waals surface area contributed by atoms with E-state index in [0.717, 1.165) is 12.0 Å². The van der Waals surface area contributed by atoms with Crippen molar-refractivity contribution in [1.29, 1.82) is 0 Å². The molecule has 1 saturated heterocycles. The lowest BCUT2D eigenvalue weighted by atomic mass is 10.0. The molecule has 0 saturated carbocycles. The molecule has 2 aromatic rings. The second-order valence-corrected chi connectivity index (χ2v) is 7.87. The van der Waals surface area contributed by atoms with Gasteiger partial charge in [0.1, 0.15) is 11.6 Å². The summed E-state index contributed by atoms with van der Waals surface area (Å²) in [4.78, 5) is 25.7. The number of nitrogens with one attached hydrogen (secondary N) is 1. The van der Waals surface area contributed by atoms with Gasteiger partial charge in [0, 0.05) is 11.6 Å². The molecule has 1 fully saturated rings. The maximum atomic E-state index is 13.1. The van der Waals surface area contributed by atoms with Crippen LogP contribution in [-0.4, -0.2) is 48.7 Å². The van der Waals surface area contributed by atoms with Crippen molar-refractivity contribution in [2.75, 3.05) is 25.1 Å². The molecule has 3 N–H and O–H groups in total. The monoisotopic (exact) mass is 449 g/mol. The smallest absolute Gasteiger partial charge is 0.316 e. The molecular weight excluding hydrogens is 425 g/mol. The molecule has 31 heavy (non-hydrogen) atoms. The molecule has 0 spiro atoms. The van der Waals surface area contributed by atoms with Gasteiger partial charge in [-0.25, -0.2) is 9.18 Å². The highest BCUT2D eigenvalue weighted by molar-refractivity contribution is 6.31. The van der Waals surface area contributed by atoms with E-state index in [1.807, 2.05) is 6.92 Å². The number of nitrogens with two attached hydrogens (primary N) is 1. The van der Waals surface area contributed by atoms with Gasteiger partial charge in [-0.05, 0) is 55.7 Å². The van der Waals surface area contributed by atoms with Crippen molar-refractivity contribution in [3.05, 3.63) is 58.9 Å². The van der Waals surface area contributed by atoms with E-state index in [2.05, 4.69) is 5.32 Å². The van der Waals surface area contributed by atoms with Crippen molar-refractivity contribution in [3.63, 3.8) is 0 Å². The number of urea groups is 1. The number of hydrogen-bond acceptors (Lipinski definition) is 4. The third-order valence-electron chi connectivity index (χ3n) is 5.04. The van der Waals surface area contributed by atoms with E-state index in [9.17, 15) is 14.0 Å². The molecule has 2 aromatic carbocycles. The lowest BCUT2D eigenvalue weighted by Gasteiger charge is -2.38. The van der Waals surface area contributed by atoms with Gasteiger partial charge in [-0.3, -0.25) is 4.79 Å². The van der Waals surface area contributed by atoms with Crippen LogP contribution in [-0.2, 0) is 16.0 Å². The number of morpholine rings is 1. The summed E-state index contributed by atoms with van der Waals surface area (Å²) in [5.74, 6) is -0.161. The zero-order valence-electron chi connectivity index (χ0n) is 17.1. The first-order valence-electron chi connectivity index (χ1n) is 9.96. The van der Waals surface area contributed by atoms with Crippen LogP contribution in [0.4, 0.5) is 14.9 Å². The Hall–Kier alpha value is -2.84. The van der Waals surface area contributed by atoms with Crippen LogP contribution < -0.4 is 15.8 Å². The third kappa shape index (κ3) is 6.57. The molecule has 0 radical (unpaired) electrons. The summed E-state index contributed by atoms with van der Waals surface area (Å²) in [5.41, 5.74) is 6.48. The molecule has 9 heteroatoms. The largest absolute Gasteiger partial charge is 0.482 e. The number of rotatable bonds is 7. The Balaban J connectivity index is 1.56. The van der Waals surface area contributed by atoms with E-state index >= 15 is 0 Å².